The van der Waals surface area contributed by atoms with Gasteiger partial charge in [-0.05, 0) is 41.2 Å². The average Bonchev–Trinajstić information content (AvgIpc) is 2.59. The summed E-state index contributed by atoms with van der Waals surface area (Å²) >= 11 is 6.41. The van der Waals surface area contributed by atoms with Crippen LogP contribution in [-0.2, 0) is 13.0 Å². The number of carboxylic acid groups (broad SMARTS) is 1. The molecule has 4 nitrogen and oxygen atoms in total. The molecule has 0 radical (unpaired) electrons. The van der Waals surface area contributed by atoms with Crippen molar-refractivity contribution in [1.82, 2.24) is 4.90 Å². The van der Waals surface area contributed by atoms with E-state index in [0.717, 1.165) is 23.3 Å². The number of nitrogens with zero attached hydrogens (tertiary/aromatic N) is 1. The third kappa shape index (κ3) is 3.90. The van der Waals surface area contributed by atoms with Crippen molar-refractivity contribution in [1.29, 1.82) is 0 Å². The molecular formula is C20H22ClNO3. The van der Waals surface area contributed by atoms with E-state index in [2.05, 4.69) is 31.2 Å². The first-order valence-electron chi connectivity index (χ1n) is 8.38. The zero-order chi connectivity index (χ0) is 18.0. The van der Waals surface area contributed by atoms with E-state index in [1.807, 2.05) is 18.2 Å². The number of ether oxygens (including phenoxy) is 1. The molecule has 0 saturated carbocycles. The number of benzene rings is 2. The van der Waals surface area contributed by atoms with Crippen molar-refractivity contribution in [3.63, 3.8) is 0 Å². The zero-order valence-corrected chi connectivity index (χ0v) is 15.2. The Morgan fingerprint density at radius 3 is 2.72 bits per heavy atom. The number of halogens is 1. The minimum Gasteiger partial charge on any atom is -0.493 e. The predicted octanol–water partition coefficient (Wildman–Crippen LogP) is 4.80. The van der Waals surface area contributed by atoms with Crippen LogP contribution in [0.5, 0.6) is 5.75 Å². The van der Waals surface area contributed by atoms with Crippen LogP contribution in [0.25, 0.3) is 0 Å². The zero-order valence-electron chi connectivity index (χ0n) is 14.4. The fourth-order valence-corrected chi connectivity index (χ4v) is 3.52. The van der Waals surface area contributed by atoms with E-state index in [0.29, 0.717) is 23.5 Å². The Kier molecular flexibility index (Phi) is 5.19. The molecular weight excluding hydrogens is 338 g/mol. The van der Waals surface area contributed by atoms with Gasteiger partial charge in [-0.3, -0.25) is 0 Å². The lowest BCUT2D eigenvalue weighted by molar-refractivity contribution is 0.153. The second-order valence-electron chi connectivity index (χ2n) is 6.67. The quantitative estimate of drug-likeness (QED) is 0.852. The SMILES string of the molecule is C[C@@H]1c2cc(Cl)c(CN(C)C(=O)O)cc2OC[C@H]1Cc1ccccc1. The summed E-state index contributed by atoms with van der Waals surface area (Å²) in [5.74, 6) is 1.53. The third-order valence-electron chi connectivity index (χ3n) is 4.90. The molecule has 132 valence electrons. The highest BCUT2D eigenvalue weighted by atomic mass is 35.5. The van der Waals surface area contributed by atoms with Crippen molar-refractivity contribution < 1.29 is 14.6 Å². The first-order valence-corrected chi connectivity index (χ1v) is 8.76. The van der Waals surface area contributed by atoms with Gasteiger partial charge in [0.25, 0.3) is 0 Å². The number of fused-ring (bicyclic) bond motifs is 1. The van der Waals surface area contributed by atoms with E-state index in [4.69, 9.17) is 21.4 Å². The van der Waals surface area contributed by atoms with Gasteiger partial charge in [-0.1, -0.05) is 48.9 Å². The van der Waals surface area contributed by atoms with E-state index in [-0.39, 0.29) is 6.54 Å². The molecule has 1 aliphatic rings. The summed E-state index contributed by atoms with van der Waals surface area (Å²) < 4.78 is 5.99. The Hall–Kier alpha value is -2.20. The number of hydrogen-bond acceptors (Lipinski definition) is 2. The molecule has 5 heteroatoms. The van der Waals surface area contributed by atoms with Gasteiger partial charge in [-0.15, -0.1) is 0 Å². The first kappa shape index (κ1) is 17.6. The summed E-state index contributed by atoms with van der Waals surface area (Å²) in [5.41, 5.74) is 3.16. The Bertz CT molecular complexity index is 763. The average molecular weight is 360 g/mol. The number of carbonyl (C=O) groups is 1. The lowest BCUT2D eigenvalue weighted by atomic mass is 9.81. The Labute approximate surface area is 153 Å². The number of rotatable bonds is 4. The molecule has 3 rings (SSSR count). The van der Waals surface area contributed by atoms with Crippen LogP contribution in [0.4, 0.5) is 4.79 Å². The van der Waals surface area contributed by atoms with Gasteiger partial charge in [0.15, 0.2) is 0 Å². The van der Waals surface area contributed by atoms with E-state index >= 15 is 0 Å². The second-order valence-corrected chi connectivity index (χ2v) is 7.08. The van der Waals surface area contributed by atoms with Crippen LogP contribution in [0.2, 0.25) is 5.02 Å². The molecule has 1 aliphatic heterocycles. The molecule has 0 saturated heterocycles. The smallest absolute Gasteiger partial charge is 0.407 e. The lowest BCUT2D eigenvalue weighted by Crippen LogP contribution is -2.27. The molecule has 1 heterocycles. The summed E-state index contributed by atoms with van der Waals surface area (Å²) in [6.07, 6.45) is -0.0197. The van der Waals surface area contributed by atoms with Crippen molar-refractivity contribution in [3.05, 3.63) is 64.2 Å². The summed E-state index contributed by atoms with van der Waals surface area (Å²) in [7, 11) is 1.53. The van der Waals surface area contributed by atoms with Crippen molar-refractivity contribution in [3.8, 4) is 5.75 Å². The molecule has 2 atom stereocenters. The van der Waals surface area contributed by atoms with Gasteiger partial charge in [-0.2, -0.15) is 0 Å². The van der Waals surface area contributed by atoms with Gasteiger partial charge in [0.2, 0.25) is 0 Å². The van der Waals surface area contributed by atoms with Gasteiger partial charge in [0.05, 0.1) is 13.2 Å². The van der Waals surface area contributed by atoms with Gasteiger partial charge >= 0.3 is 6.09 Å². The van der Waals surface area contributed by atoms with Crippen molar-refractivity contribution in [2.75, 3.05) is 13.7 Å². The molecule has 0 fully saturated rings. The molecule has 0 spiro atoms. The molecule has 0 bridgehead atoms. The molecule has 0 aromatic heterocycles. The fourth-order valence-electron chi connectivity index (χ4n) is 3.28. The van der Waals surface area contributed by atoms with Crippen LogP contribution in [0.15, 0.2) is 42.5 Å². The van der Waals surface area contributed by atoms with Gasteiger partial charge in [-0.25, -0.2) is 4.79 Å². The third-order valence-corrected chi connectivity index (χ3v) is 5.26. The van der Waals surface area contributed by atoms with Crippen molar-refractivity contribution >= 4 is 17.7 Å². The highest BCUT2D eigenvalue weighted by molar-refractivity contribution is 6.31. The first-order chi connectivity index (χ1) is 12.0. The molecule has 25 heavy (non-hydrogen) atoms. The topological polar surface area (TPSA) is 49.8 Å². The number of amides is 1. The minimum atomic E-state index is -0.981. The van der Waals surface area contributed by atoms with Gasteiger partial charge < -0.3 is 14.7 Å². The highest BCUT2D eigenvalue weighted by Gasteiger charge is 2.29. The van der Waals surface area contributed by atoms with E-state index < -0.39 is 6.09 Å². The Morgan fingerprint density at radius 2 is 2.04 bits per heavy atom. The van der Waals surface area contributed by atoms with Crippen LogP contribution in [0.1, 0.15) is 29.5 Å². The molecule has 0 unspecified atom stereocenters. The maximum absolute atomic E-state index is 11.0. The lowest BCUT2D eigenvalue weighted by Gasteiger charge is -2.32. The van der Waals surface area contributed by atoms with E-state index in [1.54, 1.807) is 0 Å². The summed E-state index contributed by atoms with van der Waals surface area (Å²) in [5, 5.41) is 9.63. The maximum Gasteiger partial charge on any atom is 0.407 e. The van der Waals surface area contributed by atoms with Gasteiger partial charge in [0.1, 0.15) is 5.75 Å². The molecule has 1 N–H and O–H groups in total. The summed E-state index contributed by atoms with van der Waals surface area (Å²) in [6, 6.07) is 14.2. The van der Waals surface area contributed by atoms with Gasteiger partial charge in [0, 0.05) is 18.0 Å². The fraction of sp³-hybridized carbons (Fsp3) is 0.350. The standard InChI is InChI=1S/C20H22ClNO3/c1-13-16(8-14-6-4-3-5-7-14)12-25-19-9-15(11-22(2)20(23)24)18(21)10-17(13)19/h3-7,9-10,13,16H,8,11-12H2,1-2H3,(H,23,24)/t13-,16+/m0/s1. The van der Waals surface area contributed by atoms with E-state index in [9.17, 15) is 4.79 Å². The second kappa shape index (κ2) is 7.36. The summed E-state index contributed by atoms with van der Waals surface area (Å²) in [4.78, 5) is 12.2. The predicted molar refractivity (Wildman–Crippen MR) is 98.5 cm³/mol. The molecule has 2 aromatic carbocycles. The minimum absolute atomic E-state index is 0.243. The summed E-state index contributed by atoms with van der Waals surface area (Å²) in [6.45, 7) is 3.10. The van der Waals surface area contributed by atoms with Crippen molar-refractivity contribution in [2.24, 2.45) is 5.92 Å². The Balaban J connectivity index is 1.80. The Morgan fingerprint density at radius 1 is 1.32 bits per heavy atom. The molecule has 1 amide bonds. The monoisotopic (exact) mass is 359 g/mol. The normalized spacial score (nSPS) is 19.0. The largest absolute Gasteiger partial charge is 0.493 e. The molecule has 2 aromatic rings. The van der Waals surface area contributed by atoms with E-state index in [1.165, 1.54) is 17.5 Å². The highest BCUT2D eigenvalue weighted by Crippen LogP contribution is 2.41. The van der Waals surface area contributed by atoms with Crippen LogP contribution in [0, 0.1) is 5.92 Å². The number of hydrogen-bond donors (Lipinski definition) is 1. The molecule has 0 aliphatic carbocycles. The van der Waals surface area contributed by atoms with Crippen LogP contribution < -0.4 is 4.74 Å². The van der Waals surface area contributed by atoms with Crippen molar-refractivity contribution in [2.45, 2.75) is 25.8 Å². The maximum atomic E-state index is 11.0. The van der Waals surface area contributed by atoms with Crippen LogP contribution in [-0.4, -0.2) is 29.8 Å². The van der Waals surface area contributed by atoms with Crippen LogP contribution in [0.3, 0.4) is 0 Å². The van der Waals surface area contributed by atoms with Crippen LogP contribution >= 0.6 is 11.6 Å².